The fourth-order valence-electron chi connectivity index (χ4n) is 9.91. The minimum absolute atomic E-state index is 0.153. The summed E-state index contributed by atoms with van der Waals surface area (Å²) in [6.07, 6.45) is 8.18. The third-order valence-electron chi connectivity index (χ3n) is 12.4. The van der Waals surface area contributed by atoms with E-state index in [2.05, 4.69) is 221 Å². The molecule has 0 spiro atoms. The van der Waals surface area contributed by atoms with Crippen LogP contribution in [0, 0.1) is 0 Å². The Morgan fingerprint density at radius 3 is 1.48 bits per heavy atom. The van der Waals surface area contributed by atoms with Gasteiger partial charge in [-0.1, -0.05) is 164 Å². The molecular formula is C56H38N2. The molecule has 2 heteroatoms. The van der Waals surface area contributed by atoms with Crippen LogP contribution in [-0.2, 0) is 0 Å². The van der Waals surface area contributed by atoms with Gasteiger partial charge in [0.05, 0.1) is 17.1 Å². The first kappa shape index (κ1) is 32.8. The average Bonchev–Trinajstić information content (AvgIpc) is 3.81. The maximum absolute atomic E-state index is 2.58. The van der Waals surface area contributed by atoms with Crippen LogP contribution in [0.2, 0.25) is 0 Å². The molecule has 9 aromatic carbocycles. The zero-order chi connectivity index (χ0) is 38.2. The molecule has 11 aromatic rings. The maximum atomic E-state index is 2.58. The number of hydrogen-bond donors (Lipinski definition) is 0. The summed E-state index contributed by atoms with van der Waals surface area (Å²) >= 11 is 0. The van der Waals surface area contributed by atoms with Gasteiger partial charge in [-0.15, -0.1) is 0 Å². The largest absolute Gasteiger partial charge is 0.333 e. The van der Waals surface area contributed by atoms with E-state index in [4.69, 9.17) is 0 Å². The number of hydrogen-bond acceptors (Lipinski definition) is 0. The van der Waals surface area contributed by atoms with E-state index in [9.17, 15) is 0 Å². The van der Waals surface area contributed by atoms with E-state index in [1.54, 1.807) is 0 Å². The van der Waals surface area contributed by atoms with Crippen LogP contribution in [-0.4, -0.2) is 9.13 Å². The lowest BCUT2D eigenvalue weighted by atomic mass is 9.84. The second kappa shape index (κ2) is 13.1. The molecule has 2 aromatic heterocycles. The Bertz CT molecular complexity index is 3410. The molecule has 0 N–H and O–H groups in total. The van der Waals surface area contributed by atoms with Crippen LogP contribution < -0.4 is 0 Å². The van der Waals surface area contributed by atoms with Gasteiger partial charge in [-0.25, -0.2) is 0 Å². The second-order valence-electron chi connectivity index (χ2n) is 15.6. The highest BCUT2D eigenvalue weighted by atomic mass is 15.0. The Balaban J connectivity index is 1.01. The van der Waals surface area contributed by atoms with E-state index in [1.165, 1.54) is 104 Å². The number of rotatable bonds is 5. The first-order chi connectivity index (χ1) is 28.8. The molecule has 0 bridgehead atoms. The smallest absolute Gasteiger partial charge is 0.0566 e. The SMILES string of the molecule is C1=CC(c2c3ccccc3c(-c3ccccc3)c3ccccc23)=CC(n2c3ccccc3c3cc(-c4ccc5c(c4)c4ccccc4n5-c4ccccc4)ccc32)C1. The van der Waals surface area contributed by atoms with Gasteiger partial charge in [0, 0.05) is 38.3 Å². The number of allylic oxidation sites excluding steroid dienone is 4. The molecular weight excluding hydrogens is 701 g/mol. The first-order valence-corrected chi connectivity index (χ1v) is 20.3. The summed E-state index contributed by atoms with van der Waals surface area (Å²) in [5, 5.41) is 10.2. The zero-order valence-corrected chi connectivity index (χ0v) is 31.9. The van der Waals surface area contributed by atoms with Crippen LogP contribution in [0.5, 0.6) is 0 Å². The Hall–Kier alpha value is -7.42. The zero-order valence-electron chi connectivity index (χ0n) is 31.9. The minimum atomic E-state index is 0.153. The normalized spacial score (nSPS) is 14.3. The molecule has 1 aliphatic carbocycles. The van der Waals surface area contributed by atoms with Crippen LogP contribution in [0.15, 0.2) is 212 Å². The van der Waals surface area contributed by atoms with Crippen molar-refractivity contribution >= 4 is 70.7 Å². The van der Waals surface area contributed by atoms with Crippen LogP contribution in [0.1, 0.15) is 18.0 Å². The summed E-state index contributed by atoms with van der Waals surface area (Å²) in [5.74, 6) is 0. The van der Waals surface area contributed by atoms with Gasteiger partial charge in [-0.3, -0.25) is 0 Å². The molecule has 2 nitrogen and oxygen atoms in total. The van der Waals surface area contributed by atoms with Crippen LogP contribution in [0.4, 0.5) is 0 Å². The van der Waals surface area contributed by atoms with E-state index in [1.807, 2.05) is 0 Å². The lowest BCUT2D eigenvalue weighted by molar-refractivity contribution is 0.650. The lowest BCUT2D eigenvalue weighted by Crippen LogP contribution is -2.08. The third-order valence-corrected chi connectivity index (χ3v) is 12.4. The summed E-state index contributed by atoms with van der Waals surface area (Å²) in [5.41, 5.74) is 13.7. The lowest BCUT2D eigenvalue weighted by Gasteiger charge is -2.24. The highest BCUT2D eigenvalue weighted by molar-refractivity contribution is 6.20. The van der Waals surface area contributed by atoms with E-state index < -0.39 is 0 Å². The van der Waals surface area contributed by atoms with Crippen molar-refractivity contribution in [1.29, 1.82) is 0 Å². The summed E-state index contributed by atoms with van der Waals surface area (Å²) in [7, 11) is 0. The number of fused-ring (bicyclic) bond motifs is 8. The first-order valence-electron chi connectivity index (χ1n) is 20.3. The van der Waals surface area contributed by atoms with Gasteiger partial charge in [0.25, 0.3) is 0 Å². The standard InChI is InChI=1S/C56H38N2/c1-3-16-37(17-4-1)55-45-24-7-9-26-47(45)56(48-27-10-8-25-46(48)55)40-18-15-21-42(34-40)58-52-29-14-12-23-44(52)50-36-39(31-33-54(50)58)38-30-32-53-49(35-38)43-22-11-13-28-51(43)57(53)41-19-5-2-6-20-41/h1-20,22-36,42H,21H2. The maximum Gasteiger partial charge on any atom is 0.0566 e. The summed E-state index contributed by atoms with van der Waals surface area (Å²) in [4.78, 5) is 0. The van der Waals surface area contributed by atoms with Crippen molar-refractivity contribution in [3.8, 4) is 27.9 Å². The number of aromatic nitrogens is 2. The highest BCUT2D eigenvalue weighted by Gasteiger charge is 2.23. The van der Waals surface area contributed by atoms with Crippen molar-refractivity contribution in [2.45, 2.75) is 12.5 Å². The van der Waals surface area contributed by atoms with E-state index in [-0.39, 0.29) is 6.04 Å². The van der Waals surface area contributed by atoms with Crippen LogP contribution in [0.25, 0.3) is 98.7 Å². The summed E-state index contributed by atoms with van der Waals surface area (Å²) in [6, 6.07) is 71.4. The predicted molar refractivity (Wildman–Crippen MR) is 247 cm³/mol. The fraction of sp³-hybridized carbons (Fsp3) is 0.0357. The molecule has 58 heavy (non-hydrogen) atoms. The third kappa shape index (κ3) is 4.98. The monoisotopic (exact) mass is 738 g/mol. The molecule has 1 aliphatic rings. The Morgan fingerprint density at radius 1 is 0.362 bits per heavy atom. The fourth-order valence-corrected chi connectivity index (χ4v) is 9.91. The van der Waals surface area contributed by atoms with Gasteiger partial charge in [0.1, 0.15) is 0 Å². The molecule has 0 fully saturated rings. The number of para-hydroxylation sites is 3. The predicted octanol–water partition coefficient (Wildman–Crippen LogP) is 15.1. The van der Waals surface area contributed by atoms with Crippen molar-refractivity contribution in [3.05, 3.63) is 218 Å². The Morgan fingerprint density at radius 2 is 0.828 bits per heavy atom. The molecule has 12 rings (SSSR count). The van der Waals surface area contributed by atoms with Gasteiger partial charge in [-0.05, 0) is 110 Å². The topological polar surface area (TPSA) is 9.86 Å². The summed E-state index contributed by atoms with van der Waals surface area (Å²) < 4.78 is 4.96. The van der Waals surface area contributed by atoms with Gasteiger partial charge in [0.15, 0.2) is 0 Å². The van der Waals surface area contributed by atoms with Crippen LogP contribution >= 0.6 is 0 Å². The molecule has 272 valence electrons. The van der Waals surface area contributed by atoms with Gasteiger partial charge < -0.3 is 9.13 Å². The molecule has 2 heterocycles. The van der Waals surface area contributed by atoms with Gasteiger partial charge >= 0.3 is 0 Å². The van der Waals surface area contributed by atoms with Crippen molar-refractivity contribution in [2.24, 2.45) is 0 Å². The highest BCUT2D eigenvalue weighted by Crippen LogP contribution is 2.45. The molecule has 0 amide bonds. The Kier molecular flexibility index (Phi) is 7.39. The van der Waals surface area contributed by atoms with Crippen molar-refractivity contribution < 1.29 is 0 Å². The average molecular weight is 739 g/mol. The number of benzene rings is 9. The minimum Gasteiger partial charge on any atom is -0.333 e. The Labute approximate surface area is 336 Å². The van der Waals surface area contributed by atoms with Crippen LogP contribution in [0.3, 0.4) is 0 Å². The molecule has 0 aliphatic heterocycles. The van der Waals surface area contributed by atoms with E-state index in [0.29, 0.717) is 0 Å². The molecule has 1 unspecified atom stereocenters. The van der Waals surface area contributed by atoms with Crippen molar-refractivity contribution in [3.63, 3.8) is 0 Å². The van der Waals surface area contributed by atoms with E-state index >= 15 is 0 Å². The quantitative estimate of drug-likeness (QED) is 0.156. The van der Waals surface area contributed by atoms with Gasteiger partial charge in [-0.2, -0.15) is 0 Å². The number of nitrogens with zero attached hydrogens (tertiary/aromatic N) is 2. The molecule has 0 saturated carbocycles. The van der Waals surface area contributed by atoms with Crippen molar-refractivity contribution in [1.82, 2.24) is 9.13 Å². The molecule has 1 atom stereocenters. The summed E-state index contributed by atoms with van der Waals surface area (Å²) in [6.45, 7) is 0. The molecule has 0 radical (unpaired) electrons. The van der Waals surface area contributed by atoms with Gasteiger partial charge in [0.2, 0.25) is 0 Å². The second-order valence-corrected chi connectivity index (χ2v) is 15.6. The van der Waals surface area contributed by atoms with E-state index in [0.717, 1.165) is 6.42 Å². The van der Waals surface area contributed by atoms with Crippen molar-refractivity contribution in [2.75, 3.05) is 0 Å². The molecule has 0 saturated heterocycles.